The minimum atomic E-state index is -0.897. The zero-order valence-electron chi connectivity index (χ0n) is 15.0. The van der Waals surface area contributed by atoms with Crippen LogP contribution in [0.1, 0.15) is 17.2 Å². The minimum absolute atomic E-state index is 0.0576. The molecule has 0 bridgehead atoms. The van der Waals surface area contributed by atoms with Crippen LogP contribution in [0.4, 0.5) is 5.69 Å². The molecule has 0 aliphatic heterocycles. The second kappa shape index (κ2) is 8.20. The van der Waals surface area contributed by atoms with E-state index in [9.17, 15) is 14.7 Å². The smallest absolute Gasteiger partial charge is 0.313 e. The Hall–Kier alpha value is -2.90. The number of rotatable bonds is 5. The number of fused-ring (bicyclic) bond motifs is 1. The van der Waals surface area contributed by atoms with E-state index in [0.717, 1.165) is 21.2 Å². The summed E-state index contributed by atoms with van der Waals surface area (Å²) >= 11 is 1.52. The Labute approximate surface area is 160 Å². The zero-order valence-corrected chi connectivity index (χ0v) is 15.8. The summed E-state index contributed by atoms with van der Waals surface area (Å²) in [6, 6.07) is 13.0. The maximum Gasteiger partial charge on any atom is 0.313 e. The van der Waals surface area contributed by atoms with Gasteiger partial charge in [0.25, 0.3) is 0 Å². The summed E-state index contributed by atoms with van der Waals surface area (Å²) in [4.78, 5) is 24.2. The van der Waals surface area contributed by atoms with E-state index in [-0.39, 0.29) is 6.54 Å². The quantitative estimate of drug-likeness (QED) is 0.590. The molecule has 0 spiro atoms. The predicted octanol–water partition coefficient (Wildman–Crippen LogP) is 3.01. The summed E-state index contributed by atoms with van der Waals surface area (Å²) in [6.07, 6.45) is -0.897. The standard InChI is InChI=1S/C20H20N2O4S/c1-12-7-8-17(26-2)15(9-12)22-20(25)19(24)21-10-16(23)14-11-27-18-6-4-3-5-13(14)18/h3-9,11,16,23H,10H2,1-2H3,(H,21,24)(H,22,25)/t16-/m0/s1. The third-order valence-corrected chi connectivity index (χ3v) is 5.12. The number of anilines is 1. The fourth-order valence-electron chi connectivity index (χ4n) is 2.73. The number of methoxy groups -OCH3 is 1. The molecule has 1 atom stereocenters. The van der Waals surface area contributed by atoms with Crippen LogP contribution < -0.4 is 15.4 Å². The number of thiophene rings is 1. The first-order valence-corrected chi connectivity index (χ1v) is 9.25. The van der Waals surface area contributed by atoms with Crippen LogP contribution >= 0.6 is 11.3 Å². The molecule has 0 fully saturated rings. The number of aryl methyl sites for hydroxylation is 1. The first-order valence-electron chi connectivity index (χ1n) is 8.37. The Morgan fingerprint density at radius 2 is 1.96 bits per heavy atom. The summed E-state index contributed by atoms with van der Waals surface area (Å²) in [5.41, 5.74) is 2.07. The third kappa shape index (κ3) is 4.27. The highest BCUT2D eigenvalue weighted by molar-refractivity contribution is 7.17. The number of carbonyl (C=O) groups excluding carboxylic acids is 2. The molecule has 140 valence electrons. The minimum Gasteiger partial charge on any atom is -0.495 e. The van der Waals surface area contributed by atoms with Gasteiger partial charge in [-0.25, -0.2) is 0 Å². The van der Waals surface area contributed by atoms with Crippen LogP contribution in [0.5, 0.6) is 5.75 Å². The Balaban J connectivity index is 1.62. The van der Waals surface area contributed by atoms with E-state index in [0.29, 0.717) is 11.4 Å². The van der Waals surface area contributed by atoms with E-state index in [1.807, 2.05) is 42.6 Å². The van der Waals surface area contributed by atoms with Crippen LogP contribution in [-0.4, -0.2) is 30.6 Å². The van der Waals surface area contributed by atoms with Crippen molar-refractivity contribution in [2.45, 2.75) is 13.0 Å². The van der Waals surface area contributed by atoms with Crippen LogP contribution in [0.15, 0.2) is 47.8 Å². The number of benzene rings is 2. The zero-order chi connectivity index (χ0) is 19.4. The van der Waals surface area contributed by atoms with Gasteiger partial charge < -0.3 is 20.5 Å². The molecule has 0 saturated carbocycles. The number of amides is 2. The SMILES string of the molecule is COc1ccc(C)cc1NC(=O)C(=O)NC[C@H](O)c1csc2ccccc12. The number of ether oxygens (including phenoxy) is 1. The normalized spacial score (nSPS) is 11.8. The van der Waals surface area contributed by atoms with Gasteiger partial charge in [-0.2, -0.15) is 0 Å². The van der Waals surface area contributed by atoms with Crippen molar-refractivity contribution >= 4 is 38.9 Å². The Morgan fingerprint density at radius 1 is 1.19 bits per heavy atom. The van der Waals surface area contributed by atoms with Gasteiger partial charge in [-0.15, -0.1) is 11.3 Å². The van der Waals surface area contributed by atoms with E-state index in [1.54, 1.807) is 12.1 Å². The van der Waals surface area contributed by atoms with Gasteiger partial charge in [0.1, 0.15) is 5.75 Å². The lowest BCUT2D eigenvalue weighted by atomic mass is 10.1. The van der Waals surface area contributed by atoms with Crippen LogP contribution in [-0.2, 0) is 9.59 Å². The van der Waals surface area contributed by atoms with E-state index in [4.69, 9.17) is 4.74 Å². The number of hydrogen-bond donors (Lipinski definition) is 3. The van der Waals surface area contributed by atoms with Crippen molar-refractivity contribution in [3.63, 3.8) is 0 Å². The van der Waals surface area contributed by atoms with Gasteiger partial charge in [0.15, 0.2) is 0 Å². The van der Waals surface area contributed by atoms with Crippen molar-refractivity contribution in [3.05, 3.63) is 59.0 Å². The van der Waals surface area contributed by atoms with Gasteiger partial charge in [0.05, 0.1) is 18.9 Å². The average molecular weight is 384 g/mol. The van der Waals surface area contributed by atoms with E-state index >= 15 is 0 Å². The molecule has 0 unspecified atom stereocenters. The Kier molecular flexibility index (Phi) is 5.73. The van der Waals surface area contributed by atoms with Crippen LogP contribution in [0, 0.1) is 6.92 Å². The van der Waals surface area contributed by atoms with Crippen LogP contribution in [0.3, 0.4) is 0 Å². The molecule has 3 aromatic rings. The molecular weight excluding hydrogens is 364 g/mol. The monoisotopic (exact) mass is 384 g/mol. The van der Waals surface area contributed by atoms with Crippen LogP contribution in [0.25, 0.3) is 10.1 Å². The van der Waals surface area contributed by atoms with E-state index in [2.05, 4.69) is 10.6 Å². The van der Waals surface area contributed by atoms with Crippen molar-refractivity contribution in [2.24, 2.45) is 0 Å². The van der Waals surface area contributed by atoms with E-state index in [1.165, 1.54) is 18.4 Å². The molecule has 1 aromatic heterocycles. The first kappa shape index (κ1) is 18.9. The maximum absolute atomic E-state index is 12.1. The number of hydrogen-bond acceptors (Lipinski definition) is 5. The van der Waals surface area contributed by atoms with Crippen molar-refractivity contribution in [2.75, 3.05) is 19.0 Å². The van der Waals surface area contributed by atoms with E-state index < -0.39 is 17.9 Å². The summed E-state index contributed by atoms with van der Waals surface area (Å²) in [6.45, 7) is 1.81. The van der Waals surface area contributed by atoms with Gasteiger partial charge in [-0.05, 0) is 41.5 Å². The molecule has 6 nitrogen and oxygen atoms in total. The van der Waals surface area contributed by atoms with Gasteiger partial charge in [0.2, 0.25) is 0 Å². The number of aliphatic hydroxyl groups is 1. The Morgan fingerprint density at radius 3 is 2.74 bits per heavy atom. The summed E-state index contributed by atoms with van der Waals surface area (Å²) < 4.78 is 6.24. The molecule has 2 amide bonds. The second-order valence-corrected chi connectivity index (χ2v) is 6.98. The molecule has 3 N–H and O–H groups in total. The number of nitrogens with one attached hydrogen (secondary N) is 2. The van der Waals surface area contributed by atoms with Gasteiger partial charge >= 0.3 is 11.8 Å². The van der Waals surface area contributed by atoms with Crippen molar-refractivity contribution in [1.82, 2.24) is 5.32 Å². The van der Waals surface area contributed by atoms with Gasteiger partial charge in [0, 0.05) is 16.8 Å². The first-order chi connectivity index (χ1) is 13.0. The molecule has 7 heteroatoms. The Bertz CT molecular complexity index is 983. The molecule has 2 aromatic carbocycles. The summed E-state index contributed by atoms with van der Waals surface area (Å²) in [5.74, 6) is -1.18. The maximum atomic E-state index is 12.1. The molecule has 27 heavy (non-hydrogen) atoms. The highest BCUT2D eigenvalue weighted by Crippen LogP contribution is 2.30. The number of aliphatic hydroxyl groups excluding tert-OH is 1. The molecule has 3 rings (SSSR count). The molecule has 0 saturated heterocycles. The van der Waals surface area contributed by atoms with Crippen molar-refractivity contribution in [1.29, 1.82) is 0 Å². The number of carbonyl (C=O) groups is 2. The molecule has 0 radical (unpaired) electrons. The molecular formula is C20H20N2O4S. The highest BCUT2D eigenvalue weighted by Gasteiger charge is 2.19. The fraction of sp³-hybridized carbons (Fsp3) is 0.200. The third-order valence-electron chi connectivity index (χ3n) is 4.14. The topological polar surface area (TPSA) is 87.7 Å². The van der Waals surface area contributed by atoms with Crippen molar-refractivity contribution in [3.8, 4) is 5.75 Å². The molecule has 0 aliphatic carbocycles. The van der Waals surface area contributed by atoms with Crippen molar-refractivity contribution < 1.29 is 19.4 Å². The predicted molar refractivity (Wildman–Crippen MR) is 106 cm³/mol. The largest absolute Gasteiger partial charge is 0.495 e. The van der Waals surface area contributed by atoms with Gasteiger partial charge in [-0.1, -0.05) is 24.3 Å². The summed E-state index contributed by atoms with van der Waals surface area (Å²) in [7, 11) is 1.49. The average Bonchev–Trinajstić information content (AvgIpc) is 3.10. The fourth-order valence-corrected chi connectivity index (χ4v) is 3.74. The lowest BCUT2D eigenvalue weighted by Crippen LogP contribution is -2.37. The highest BCUT2D eigenvalue weighted by atomic mass is 32.1. The molecule has 0 aliphatic rings. The lowest BCUT2D eigenvalue weighted by Gasteiger charge is -2.13. The van der Waals surface area contributed by atoms with Gasteiger partial charge in [-0.3, -0.25) is 9.59 Å². The molecule has 1 heterocycles. The summed E-state index contributed by atoms with van der Waals surface area (Å²) in [5, 5.41) is 18.2. The van der Waals surface area contributed by atoms with Crippen LogP contribution in [0.2, 0.25) is 0 Å². The second-order valence-electron chi connectivity index (χ2n) is 6.07. The lowest BCUT2D eigenvalue weighted by molar-refractivity contribution is -0.136.